The van der Waals surface area contributed by atoms with Crippen molar-refractivity contribution in [3.05, 3.63) is 40.2 Å². The lowest BCUT2D eigenvalue weighted by Crippen LogP contribution is -2.23. The second kappa shape index (κ2) is 5.93. The molecule has 0 N–H and O–H groups in total. The van der Waals surface area contributed by atoms with E-state index in [1.54, 1.807) is 12.1 Å². The fraction of sp³-hybridized carbons (Fsp3) is 0.375. The van der Waals surface area contributed by atoms with Gasteiger partial charge in [0, 0.05) is 5.39 Å². The number of rotatable bonds is 4. The zero-order chi connectivity index (χ0) is 14.8. The molecule has 5 heteroatoms. The summed E-state index contributed by atoms with van der Waals surface area (Å²) in [6.07, 6.45) is 2.39. The maximum Gasteiger partial charge on any atom is 0.347 e. The normalized spacial score (nSPS) is 15.5. The van der Waals surface area contributed by atoms with Gasteiger partial charge in [-0.3, -0.25) is 4.79 Å². The van der Waals surface area contributed by atoms with Gasteiger partial charge in [-0.2, -0.15) is 0 Å². The highest BCUT2D eigenvalue weighted by molar-refractivity contribution is 7.97. The van der Waals surface area contributed by atoms with E-state index in [4.69, 9.17) is 9.15 Å². The number of para-hydroxylation sites is 1. The highest BCUT2D eigenvalue weighted by Gasteiger charge is 2.29. The quantitative estimate of drug-likeness (QED) is 0.494. The first kappa shape index (κ1) is 14.2. The molecule has 0 spiro atoms. The van der Waals surface area contributed by atoms with Crippen molar-refractivity contribution in [2.24, 2.45) is 0 Å². The van der Waals surface area contributed by atoms with Gasteiger partial charge >= 0.3 is 5.63 Å². The number of methoxy groups -OCH3 is 1. The minimum Gasteiger partial charge on any atom is -0.493 e. The average Bonchev–Trinajstić information content (AvgIpc) is 2.98. The SMILES string of the molecule is COc1cccc2cc(C(=O)C[S+]3CCCC3)c(=O)oc12. The molecule has 0 radical (unpaired) electrons. The van der Waals surface area contributed by atoms with Crippen LogP contribution in [0.3, 0.4) is 0 Å². The number of ether oxygens (including phenoxy) is 1. The third-order valence-electron chi connectivity index (χ3n) is 3.70. The van der Waals surface area contributed by atoms with Gasteiger partial charge in [-0.15, -0.1) is 0 Å². The van der Waals surface area contributed by atoms with Gasteiger partial charge in [0.05, 0.1) is 7.11 Å². The van der Waals surface area contributed by atoms with E-state index in [0.29, 0.717) is 22.5 Å². The van der Waals surface area contributed by atoms with Crippen LogP contribution in [-0.4, -0.2) is 30.2 Å². The summed E-state index contributed by atoms with van der Waals surface area (Å²) in [5, 5.41) is 0.715. The fourth-order valence-electron chi connectivity index (χ4n) is 2.59. The van der Waals surface area contributed by atoms with Gasteiger partial charge < -0.3 is 9.15 Å². The summed E-state index contributed by atoms with van der Waals surface area (Å²) < 4.78 is 10.5. The van der Waals surface area contributed by atoms with Crippen molar-refractivity contribution in [2.45, 2.75) is 12.8 Å². The van der Waals surface area contributed by atoms with E-state index in [1.165, 1.54) is 20.0 Å². The van der Waals surface area contributed by atoms with E-state index in [0.717, 1.165) is 11.5 Å². The van der Waals surface area contributed by atoms with Gasteiger partial charge in [0.15, 0.2) is 17.1 Å². The van der Waals surface area contributed by atoms with Crippen LogP contribution in [0.15, 0.2) is 33.5 Å². The Morgan fingerprint density at radius 1 is 1.33 bits per heavy atom. The van der Waals surface area contributed by atoms with Gasteiger partial charge in [-0.25, -0.2) is 4.79 Å². The molecule has 3 rings (SSSR count). The number of benzene rings is 1. The van der Waals surface area contributed by atoms with Crippen LogP contribution in [0.2, 0.25) is 0 Å². The lowest BCUT2D eigenvalue weighted by Gasteiger charge is -2.05. The summed E-state index contributed by atoms with van der Waals surface area (Å²) >= 11 is 0. The summed E-state index contributed by atoms with van der Waals surface area (Å²) in [7, 11) is 1.66. The molecule has 110 valence electrons. The van der Waals surface area contributed by atoms with Crippen LogP contribution >= 0.6 is 0 Å². The van der Waals surface area contributed by atoms with E-state index in [1.807, 2.05) is 12.1 Å². The molecule has 0 unspecified atom stereocenters. The van der Waals surface area contributed by atoms with Crippen molar-refractivity contribution in [1.29, 1.82) is 0 Å². The van der Waals surface area contributed by atoms with Crippen LogP contribution in [0.4, 0.5) is 0 Å². The van der Waals surface area contributed by atoms with Gasteiger partial charge in [0.2, 0.25) is 5.78 Å². The molecule has 2 heterocycles. The Kier molecular flexibility index (Phi) is 4.01. The maximum absolute atomic E-state index is 12.3. The average molecular weight is 305 g/mol. The predicted octanol–water partition coefficient (Wildman–Crippen LogP) is 2.40. The van der Waals surface area contributed by atoms with Crippen molar-refractivity contribution in [3.8, 4) is 5.75 Å². The molecule has 1 saturated heterocycles. The number of carbonyl (C=O) groups excluding carboxylic acids is 1. The van der Waals surface area contributed by atoms with Gasteiger partial charge in [-0.05, 0) is 35.9 Å². The standard InChI is InChI=1S/C16H17O4S/c1-19-14-6-4-5-11-9-12(16(18)20-15(11)14)13(17)10-21-7-2-3-8-21/h4-6,9H,2-3,7-8,10H2,1H3/q+1. The molecule has 1 fully saturated rings. The topological polar surface area (TPSA) is 56.5 Å². The molecule has 0 amide bonds. The molecule has 0 atom stereocenters. The predicted molar refractivity (Wildman–Crippen MR) is 84.6 cm³/mol. The number of Topliss-reactive ketones (excluding diaryl/α,β-unsaturated/α-hetero) is 1. The molecule has 0 bridgehead atoms. The third-order valence-corrected chi connectivity index (χ3v) is 6.10. The molecule has 4 nitrogen and oxygen atoms in total. The van der Waals surface area contributed by atoms with Crippen LogP contribution in [0.5, 0.6) is 5.75 Å². The molecule has 1 aromatic carbocycles. The van der Waals surface area contributed by atoms with Crippen molar-refractivity contribution < 1.29 is 13.9 Å². The number of fused-ring (bicyclic) bond motifs is 1. The van der Waals surface area contributed by atoms with E-state index in [-0.39, 0.29) is 22.2 Å². The number of ketones is 1. The Morgan fingerprint density at radius 2 is 2.10 bits per heavy atom. The molecular formula is C16H17O4S+. The second-order valence-electron chi connectivity index (χ2n) is 5.12. The second-order valence-corrected chi connectivity index (χ2v) is 7.45. The molecule has 21 heavy (non-hydrogen) atoms. The van der Waals surface area contributed by atoms with Crippen LogP contribution in [0, 0.1) is 0 Å². The van der Waals surface area contributed by atoms with Gasteiger partial charge in [-0.1, -0.05) is 12.1 Å². The Morgan fingerprint density at radius 3 is 2.81 bits per heavy atom. The molecule has 1 aromatic heterocycles. The fourth-order valence-corrected chi connectivity index (χ4v) is 4.84. The largest absolute Gasteiger partial charge is 0.493 e. The Hall–Kier alpha value is -1.75. The van der Waals surface area contributed by atoms with E-state index < -0.39 is 5.63 Å². The maximum atomic E-state index is 12.3. The first-order chi connectivity index (χ1) is 10.2. The minimum atomic E-state index is -0.570. The summed E-state index contributed by atoms with van der Waals surface area (Å²) in [4.78, 5) is 24.4. The lowest BCUT2D eigenvalue weighted by atomic mass is 10.1. The first-order valence-corrected chi connectivity index (χ1v) is 8.70. The van der Waals surface area contributed by atoms with Gasteiger partial charge in [0.25, 0.3) is 0 Å². The first-order valence-electron chi connectivity index (χ1n) is 6.97. The molecule has 1 aliphatic heterocycles. The monoisotopic (exact) mass is 305 g/mol. The number of carbonyl (C=O) groups is 1. The zero-order valence-electron chi connectivity index (χ0n) is 11.9. The zero-order valence-corrected chi connectivity index (χ0v) is 12.7. The lowest BCUT2D eigenvalue weighted by molar-refractivity contribution is 0.101. The smallest absolute Gasteiger partial charge is 0.347 e. The van der Waals surface area contributed by atoms with Gasteiger partial charge in [0.1, 0.15) is 17.1 Å². The number of hydrogen-bond acceptors (Lipinski definition) is 4. The Bertz CT molecular complexity index is 729. The summed E-state index contributed by atoms with van der Waals surface area (Å²) in [5.41, 5.74) is -0.0141. The Labute approximate surface area is 125 Å². The molecule has 1 aliphatic rings. The van der Waals surface area contributed by atoms with E-state index in [2.05, 4.69) is 0 Å². The molecule has 2 aromatic rings. The van der Waals surface area contributed by atoms with Crippen molar-refractivity contribution >= 4 is 27.6 Å². The summed E-state index contributed by atoms with van der Waals surface area (Å²) in [6.45, 7) is 0. The van der Waals surface area contributed by atoms with E-state index in [9.17, 15) is 9.59 Å². The molecule has 0 aliphatic carbocycles. The highest BCUT2D eigenvalue weighted by Crippen LogP contribution is 2.24. The van der Waals surface area contributed by atoms with Crippen molar-refractivity contribution in [3.63, 3.8) is 0 Å². The minimum absolute atomic E-state index is 0.0984. The van der Waals surface area contributed by atoms with Crippen LogP contribution in [-0.2, 0) is 10.9 Å². The van der Waals surface area contributed by atoms with Crippen LogP contribution < -0.4 is 10.4 Å². The molecular weight excluding hydrogens is 288 g/mol. The van der Waals surface area contributed by atoms with Crippen LogP contribution in [0.1, 0.15) is 23.2 Å². The van der Waals surface area contributed by atoms with Crippen molar-refractivity contribution in [2.75, 3.05) is 24.4 Å². The third kappa shape index (κ3) is 2.83. The Balaban J connectivity index is 1.97. The molecule has 0 saturated carbocycles. The highest BCUT2D eigenvalue weighted by atomic mass is 32.2. The van der Waals surface area contributed by atoms with Crippen LogP contribution in [0.25, 0.3) is 11.0 Å². The van der Waals surface area contributed by atoms with Crippen molar-refractivity contribution in [1.82, 2.24) is 0 Å². The summed E-state index contributed by atoms with van der Waals surface area (Å²) in [5.74, 6) is 3.09. The number of hydrogen-bond donors (Lipinski definition) is 0. The van der Waals surface area contributed by atoms with E-state index >= 15 is 0 Å². The summed E-state index contributed by atoms with van der Waals surface area (Å²) in [6, 6.07) is 6.99.